The molecule has 1 N–H and O–H groups in total. The van der Waals surface area contributed by atoms with Gasteiger partial charge in [0.25, 0.3) is 5.69 Å². The number of aliphatic hydroxyl groups is 1. The number of carbonyl (C=O) groups is 2. The summed E-state index contributed by atoms with van der Waals surface area (Å²) in [5.41, 5.74) is 1.44. The third-order valence-electron chi connectivity index (χ3n) is 6.26. The van der Waals surface area contributed by atoms with Crippen molar-refractivity contribution in [3.8, 4) is 0 Å². The molecule has 1 saturated heterocycles. The first-order valence-electron chi connectivity index (χ1n) is 11.4. The summed E-state index contributed by atoms with van der Waals surface area (Å²) in [6.45, 7) is 5.68. The molecular weight excluding hydrogens is 504 g/mol. The van der Waals surface area contributed by atoms with Crippen molar-refractivity contribution in [3.05, 3.63) is 63.0 Å². The Morgan fingerprint density at radius 2 is 2.06 bits per heavy atom. The molecule has 1 fully saturated rings. The van der Waals surface area contributed by atoms with Crippen molar-refractivity contribution >= 4 is 51.1 Å². The van der Waals surface area contributed by atoms with Gasteiger partial charge in [-0.3, -0.25) is 19.3 Å². The highest BCUT2D eigenvalue weighted by Crippen LogP contribution is 2.49. The molecule has 36 heavy (non-hydrogen) atoms. The number of carbonyl (C=O) groups excluding carboxylic acids is 2. The summed E-state index contributed by atoms with van der Waals surface area (Å²) in [5, 5.41) is 22.3. The van der Waals surface area contributed by atoms with E-state index in [0.29, 0.717) is 22.8 Å². The number of hydrogen-bond donors (Lipinski definition) is 1. The third-order valence-corrected chi connectivity index (χ3v) is 8.56. The maximum Gasteiger partial charge on any atom is 0.355 e. The molecule has 3 atom stereocenters. The normalized spacial score (nSPS) is 20.1. The van der Waals surface area contributed by atoms with Crippen LogP contribution >= 0.6 is 23.1 Å². The molecule has 3 aromatic rings. The highest BCUT2D eigenvalue weighted by atomic mass is 32.2. The maximum absolute atomic E-state index is 13.3. The summed E-state index contributed by atoms with van der Waals surface area (Å²) in [6.07, 6.45) is 3.26. The number of thiazole rings is 1. The Balaban J connectivity index is 1.45. The molecule has 188 valence electrons. The maximum atomic E-state index is 13.3. The molecule has 0 saturated carbocycles. The molecule has 2 aliphatic rings. The van der Waals surface area contributed by atoms with Gasteiger partial charge in [0.1, 0.15) is 28.5 Å². The number of esters is 1. The summed E-state index contributed by atoms with van der Waals surface area (Å²) >= 11 is 3.16. The number of amides is 1. The number of nitro benzene ring substituents is 1. The molecule has 10 nitrogen and oxygen atoms in total. The lowest BCUT2D eigenvalue weighted by molar-refractivity contribution is -0.384. The van der Waals surface area contributed by atoms with Crippen molar-refractivity contribution in [2.75, 3.05) is 0 Å². The number of aliphatic hydroxyl groups excluding tert-OH is 1. The Bertz CT molecular complexity index is 1390. The highest BCUT2D eigenvalue weighted by Gasteiger charge is 2.57. The van der Waals surface area contributed by atoms with E-state index in [4.69, 9.17) is 4.74 Å². The van der Waals surface area contributed by atoms with Crippen molar-refractivity contribution in [1.82, 2.24) is 14.3 Å². The van der Waals surface area contributed by atoms with E-state index in [2.05, 4.69) is 18.8 Å². The van der Waals surface area contributed by atoms with Gasteiger partial charge in [0.15, 0.2) is 0 Å². The lowest BCUT2D eigenvalue weighted by atomic mass is 9.83. The van der Waals surface area contributed by atoms with Gasteiger partial charge in [0.2, 0.25) is 5.91 Å². The average molecular weight is 529 g/mol. The van der Waals surface area contributed by atoms with E-state index in [1.165, 1.54) is 40.5 Å². The first kappa shape index (κ1) is 24.5. The quantitative estimate of drug-likeness (QED) is 0.153. The van der Waals surface area contributed by atoms with Crippen LogP contribution in [0.5, 0.6) is 0 Å². The molecule has 0 radical (unpaired) electrons. The largest absolute Gasteiger partial charge is 0.456 e. The number of thioether (sulfide) groups is 1. The van der Waals surface area contributed by atoms with Crippen molar-refractivity contribution in [2.24, 2.45) is 5.92 Å². The van der Waals surface area contributed by atoms with Crippen LogP contribution in [0.1, 0.15) is 37.6 Å². The third kappa shape index (κ3) is 4.18. The molecule has 2 aliphatic heterocycles. The summed E-state index contributed by atoms with van der Waals surface area (Å²) in [7, 11) is 0. The minimum atomic E-state index is -0.826. The number of aromatic nitrogens is 2. The van der Waals surface area contributed by atoms with Crippen molar-refractivity contribution < 1.29 is 24.4 Å². The minimum absolute atomic E-state index is 0.0531. The molecule has 12 heteroatoms. The summed E-state index contributed by atoms with van der Waals surface area (Å²) in [5.74, 6) is -1.51. The summed E-state index contributed by atoms with van der Waals surface area (Å²) in [4.78, 5) is 44.3. The Morgan fingerprint density at radius 3 is 2.69 bits per heavy atom. The van der Waals surface area contributed by atoms with Crippen LogP contribution < -0.4 is 0 Å². The van der Waals surface area contributed by atoms with Crippen LogP contribution in [0.4, 0.5) is 5.69 Å². The number of rotatable bonds is 8. The van der Waals surface area contributed by atoms with Gasteiger partial charge in [-0.1, -0.05) is 13.8 Å². The minimum Gasteiger partial charge on any atom is -0.456 e. The van der Waals surface area contributed by atoms with Crippen LogP contribution in [0.3, 0.4) is 0 Å². The predicted molar refractivity (Wildman–Crippen MR) is 134 cm³/mol. The van der Waals surface area contributed by atoms with E-state index in [9.17, 15) is 24.8 Å². The molecular formula is C24H24N4O6S2. The van der Waals surface area contributed by atoms with Gasteiger partial charge >= 0.3 is 5.97 Å². The second kappa shape index (κ2) is 9.34. The van der Waals surface area contributed by atoms with Crippen LogP contribution in [-0.2, 0) is 20.9 Å². The van der Waals surface area contributed by atoms with Gasteiger partial charge in [0.05, 0.1) is 27.9 Å². The van der Waals surface area contributed by atoms with E-state index >= 15 is 0 Å². The van der Waals surface area contributed by atoms with Crippen LogP contribution in [0.2, 0.25) is 0 Å². The van der Waals surface area contributed by atoms with Crippen LogP contribution in [0, 0.1) is 16.0 Å². The van der Waals surface area contributed by atoms with Gasteiger partial charge in [-0.25, -0.2) is 9.78 Å². The predicted octanol–water partition coefficient (Wildman–Crippen LogP) is 3.87. The number of benzene rings is 1. The number of non-ortho nitro benzene ring substituents is 1. The second-order valence-corrected chi connectivity index (χ2v) is 11.7. The number of imidazole rings is 1. The molecule has 1 aromatic carbocycles. The Hall–Kier alpha value is -3.22. The van der Waals surface area contributed by atoms with Gasteiger partial charge < -0.3 is 14.7 Å². The van der Waals surface area contributed by atoms with Crippen molar-refractivity contribution in [3.63, 3.8) is 0 Å². The molecule has 1 amide bonds. The number of hydrogen-bond acceptors (Lipinski definition) is 9. The zero-order valence-corrected chi connectivity index (χ0v) is 21.4. The lowest BCUT2D eigenvalue weighted by Crippen LogP contribution is -2.61. The molecule has 0 unspecified atom stereocenters. The van der Waals surface area contributed by atoms with Crippen molar-refractivity contribution in [1.29, 1.82) is 0 Å². The number of β-lactam (4-membered cyclic amide) rings is 1. The van der Waals surface area contributed by atoms with Crippen LogP contribution in [-0.4, -0.2) is 53.6 Å². The van der Waals surface area contributed by atoms with Gasteiger partial charge in [-0.2, -0.15) is 0 Å². The first-order valence-corrected chi connectivity index (χ1v) is 13.1. The fourth-order valence-corrected chi connectivity index (χ4v) is 6.69. The monoisotopic (exact) mass is 528 g/mol. The van der Waals surface area contributed by atoms with Crippen LogP contribution in [0.15, 0.2) is 47.5 Å². The zero-order valence-electron chi connectivity index (χ0n) is 19.8. The number of ether oxygens (including phenoxy) is 1. The number of fused-ring (bicyclic) bond motifs is 2. The van der Waals surface area contributed by atoms with E-state index in [0.717, 1.165) is 14.7 Å². The smallest absolute Gasteiger partial charge is 0.355 e. The second-order valence-electron chi connectivity index (χ2n) is 9.10. The van der Waals surface area contributed by atoms with E-state index < -0.39 is 22.9 Å². The van der Waals surface area contributed by atoms with Gasteiger partial charge in [-0.15, -0.1) is 23.1 Å². The topological polar surface area (TPSA) is 127 Å². The molecule has 0 bridgehead atoms. The molecule has 0 spiro atoms. The number of nitrogens with zero attached hydrogens (tertiary/aromatic N) is 4. The molecule has 2 aromatic heterocycles. The Labute approximate surface area is 214 Å². The standard InChI is InChI=1S/C24H24N4O6S2/c1-12(2)35-21-23-26(11-25-21)9-18(36-23)16-8-17-19(13(3)29)22(30)27(17)20(16)24(31)34-10-14-4-6-15(7-5-14)28(32)33/h4-7,9,11-13,17,19,29H,8,10H2,1-3H3/t13-,17-,19-/m1/s1. The van der Waals surface area contributed by atoms with E-state index in [-0.39, 0.29) is 29.9 Å². The SMILES string of the molecule is CC(C)Sc1ncn2cc(C3=C(C(=O)OCc4ccc([N+](=O)[O-])cc4)N4C(=O)[C@H]([C@@H](C)O)[C@H]4C3)sc12. The highest BCUT2D eigenvalue weighted by molar-refractivity contribution is 8.00. The van der Waals surface area contributed by atoms with Gasteiger partial charge in [-0.05, 0) is 31.0 Å². The summed E-state index contributed by atoms with van der Waals surface area (Å²) in [6, 6.07) is 5.44. The molecule has 0 aliphatic carbocycles. The average Bonchev–Trinajstić information content (AvgIpc) is 3.49. The zero-order chi connectivity index (χ0) is 25.7. The van der Waals surface area contributed by atoms with E-state index in [1.54, 1.807) is 25.0 Å². The van der Waals surface area contributed by atoms with Gasteiger partial charge in [0, 0.05) is 29.2 Å². The summed E-state index contributed by atoms with van der Waals surface area (Å²) < 4.78 is 7.47. The lowest BCUT2D eigenvalue weighted by Gasteiger charge is -2.44. The first-order chi connectivity index (χ1) is 17.2. The molecule has 4 heterocycles. The van der Waals surface area contributed by atoms with Crippen LogP contribution in [0.25, 0.3) is 10.4 Å². The Morgan fingerprint density at radius 1 is 1.33 bits per heavy atom. The van der Waals surface area contributed by atoms with Crippen molar-refractivity contribution in [2.45, 2.75) is 56.2 Å². The number of nitro groups is 1. The Kier molecular flexibility index (Phi) is 6.35. The fourth-order valence-electron chi connectivity index (χ4n) is 4.63. The fraction of sp³-hybridized carbons (Fsp3) is 0.375. The molecule has 5 rings (SSSR count). The van der Waals surface area contributed by atoms with E-state index in [1.807, 2.05) is 10.6 Å².